The number of fused-ring (bicyclic) bond motifs is 5. The van der Waals surface area contributed by atoms with E-state index >= 15 is 0 Å². The summed E-state index contributed by atoms with van der Waals surface area (Å²) in [4.78, 5) is 22.7. The molecule has 0 radical (unpaired) electrons. The average molecular weight is 466 g/mol. The van der Waals surface area contributed by atoms with Gasteiger partial charge in [-0.25, -0.2) is 0 Å². The summed E-state index contributed by atoms with van der Waals surface area (Å²) in [6, 6.07) is 0. The summed E-state index contributed by atoms with van der Waals surface area (Å²) in [5, 5.41) is 44.4. The maximum atomic E-state index is 12.0. The van der Waals surface area contributed by atoms with Crippen molar-refractivity contribution in [1.82, 2.24) is 5.32 Å². The van der Waals surface area contributed by atoms with E-state index in [0.29, 0.717) is 25.2 Å². The molecule has 0 aromatic rings. The molecule has 4 aliphatic carbocycles. The van der Waals surface area contributed by atoms with Crippen LogP contribution in [0.15, 0.2) is 0 Å². The van der Waals surface area contributed by atoms with E-state index in [2.05, 4.69) is 26.1 Å². The number of aliphatic carboxylic acids is 1. The Hall–Kier alpha value is -1.18. The summed E-state index contributed by atoms with van der Waals surface area (Å²) in [6.07, 6.45) is 5.86. The van der Waals surface area contributed by atoms with Gasteiger partial charge in [0.25, 0.3) is 0 Å². The highest BCUT2D eigenvalue weighted by Gasteiger charge is 2.65. The van der Waals surface area contributed by atoms with Crippen LogP contribution in [-0.4, -0.2) is 57.2 Å². The van der Waals surface area contributed by atoms with Crippen molar-refractivity contribution in [3.05, 3.63) is 0 Å². The molecule has 7 nitrogen and oxygen atoms in total. The Bertz CT molecular complexity index is 759. The number of hydrogen-bond donors (Lipinski definition) is 5. The number of aliphatic hydroxyl groups is 3. The molecule has 0 unspecified atom stereocenters. The fourth-order valence-corrected chi connectivity index (χ4v) is 8.95. The van der Waals surface area contributed by atoms with Crippen molar-refractivity contribution in [3.8, 4) is 0 Å². The molecule has 4 rings (SSSR count). The van der Waals surface area contributed by atoms with Crippen LogP contribution in [0.1, 0.15) is 78.6 Å². The second-order valence-corrected chi connectivity index (χ2v) is 12.2. The Morgan fingerprint density at radius 2 is 1.76 bits per heavy atom. The zero-order chi connectivity index (χ0) is 24.1. The first kappa shape index (κ1) is 24.9. The van der Waals surface area contributed by atoms with Gasteiger partial charge in [-0.05, 0) is 97.7 Å². The van der Waals surface area contributed by atoms with Crippen LogP contribution >= 0.6 is 0 Å². The van der Waals surface area contributed by atoms with Crippen LogP contribution in [0.25, 0.3) is 0 Å². The van der Waals surface area contributed by atoms with Crippen LogP contribution in [0.4, 0.5) is 0 Å². The van der Waals surface area contributed by atoms with Crippen LogP contribution in [0, 0.1) is 46.3 Å². The lowest BCUT2D eigenvalue weighted by Crippen LogP contribution is -2.62. The first-order valence-electron chi connectivity index (χ1n) is 13.0. The zero-order valence-electron chi connectivity index (χ0n) is 20.4. The number of aliphatic hydroxyl groups excluding tert-OH is 3. The van der Waals surface area contributed by atoms with Gasteiger partial charge in [-0.3, -0.25) is 9.59 Å². The number of carboxylic acids is 1. The number of amides is 1. The molecule has 4 aliphatic rings. The van der Waals surface area contributed by atoms with E-state index in [4.69, 9.17) is 5.11 Å². The summed E-state index contributed by atoms with van der Waals surface area (Å²) in [6.45, 7) is 6.35. The number of hydrogen-bond acceptors (Lipinski definition) is 5. The minimum Gasteiger partial charge on any atom is -0.480 e. The van der Waals surface area contributed by atoms with Crippen molar-refractivity contribution in [1.29, 1.82) is 0 Å². The second-order valence-electron chi connectivity index (χ2n) is 12.2. The van der Waals surface area contributed by atoms with Gasteiger partial charge in [0.1, 0.15) is 6.54 Å². The number of rotatable bonds is 6. The lowest BCUT2D eigenvalue weighted by atomic mass is 9.43. The summed E-state index contributed by atoms with van der Waals surface area (Å²) >= 11 is 0. The SMILES string of the molecule is C[C@@H](CCC(=O)NCC(=O)O)[C@H]1CC[C@H]2[C@@H]3[C@H](O)C[C@H]4C[C@@H](O)CC[C@]4(C)[C@H]3C[C@@H](O)[C@]12C. The van der Waals surface area contributed by atoms with Crippen molar-refractivity contribution in [2.45, 2.75) is 96.9 Å². The van der Waals surface area contributed by atoms with Crippen molar-refractivity contribution in [3.63, 3.8) is 0 Å². The minimum atomic E-state index is -1.04. The fraction of sp³-hybridized carbons (Fsp3) is 0.923. The molecular formula is C26H43NO6. The summed E-state index contributed by atoms with van der Waals surface area (Å²) in [7, 11) is 0. The first-order chi connectivity index (χ1) is 15.5. The maximum absolute atomic E-state index is 12.0. The van der Waals surface area contributed by atoms with E-state index in [-0.39, 0.29) is 65.1 Å². The molecule has 0 saturated heterocycles. The van der Waals surface area contributed by atoms with Crippen LogP contribution in [0.3, 0.4) is 0 Å². The molecule has 188 valence electrons. The smallest absolute Gasteiger partial charge is 0.322 e. The predicted molar refractivity (Wildman–Crippen MR) is 123 cm³/mol. The monoisotopic (exact) mass is 465 g/mol. The molecule has 0 bridgehead atoms. The molecular weight excluding hydrogens is 422 g/mol. The van der Waals surface area contributed by atoms with Crippen molar-refractivity contribution < 1.29 is 30.0 Å². The lowest BCUT2D eigenvalue weighted by Gasteiger charge is -2.63. The number of nitrogens with one attached hydrogen (secondary N) is 1. The largest absolute Gasteiger partial charge is 0.480 e. The molecule has 0 heterocycles. The Morgan fingerprint density at radius 1 is 1.03 bits per heavy atom. The third-order valence-electron chi connectivity index (χ3n) is 10.8. The standard InChI is InChI=1S/C26H43NO6/c1-14(4-7-22(31)27-13-23(32)33)17-5-6-18-24-19(12-21(30)26(17,18)3)25(2)9-8-16(28)10-15(25)11-20(24)29/h14-21,24,28-30H,4-13H2,1-3H3,(H,27,31)(H,32,33)/t14-,15+,16-,17+,18-,19-,20+,21+,24-,25-,26+/m0/s1. The first-order valence-corrected chi connectivity index (χ1v) is 13.0. The van der Waals surface area contributed by atoms with E-state index in [9.17, 15) is 24.9 Å². The average Bonchev–Trinajstić information content (AvgIpc) is 3.11. The van der Waals surface area contributed by atoms with Gasteiger partial charge >= 0.3 is 5.97 Å². The molecule has 1 amide bonds. The third-order valence-corrected chi connectivity index (χ3v) is 10.8. The van der Waals surface area contributed by atoms with Crippen molar-refractivity contribution >= 4 is 11.9 Å². The van der Waals surface area contributed by atoms with Gasteiger partial charge < -0.3 is 25.7 Å². The second kappa shape index (κ2) is 9.12. The van der Waals surface area contributed by atoms with Crippen LogP contribution in [-0.2, 0) is 9.59 Å². The molecule has 0 aliphatic heterocycles. The highest BCUT2D eigenvalue weighted by Crippen LogP contribution is 2.68. The van der Waals surface area contributed by atoms with Gasteiger partial charge in [0.15, 0.2) is 0 Å². The molecule has 5 N–H and O–H groups in total. The maximum Gasteiger partial charge on any atom is 0.322 e. The molecule has 0 aromatic heterocycles. The Morgan fingerprint density at radius 3 is 2.45 bits per heavy atom. The highest BCUT2D eigenvalue weighted by molar-refractivity contribution is 5.81. The normalized spacial score (nSPS) is 47.7. The quantitative estimate of drug-likeness (QED) is 0.410. The summed E-state index contributed by atoms with van der Waals surface area (Å²) in [5.74, 6) is 0.265. The van der Waals surface area contributed by atoms with Gasteiger partial charge in [0, 0.05) is 6.42 Å². The Labute approximate surface area is 197 Å². The summed E-state index contributed by atoms with van der Waals surface area (Å²) < 4.78 is 0. The number of carbonyl (C=O) groups is 2. The van der Waals surface area contributed by atoms with Crippen molar-refractivity contribution in [2.75, 3.05) is 6.54 Å². The lowest BCUT2D eigenvalue weighted by molar-refractivity contribution is -0.207. The van der Waals surface area contributed by atoms with Crippen LogP contribution in [0.5, 0.6) is 0 Å². The molecule has 7 heteroatoms. The van der Waals surface area contributed by atoms with Crippen LogP contribution < -0.4 is 5.32 Å². The topological polar surface area (TPSA) is 127 Å². The van der Waals surface area contributed by atoms with Gasteiger partial charge in [0.2, 0.25) is 5.91 Å². The van der Waals surface area contributed by atoms with Gasteiger partial charge in [-0.2, -0.15) is 0 Å². The zero-order valence-corrected chi connectivity index (χ0v) is 20.4. The van der Waals surface area contributed by atoms with E-state index in [1.54, 1.807) is 0 Å². The molecule has 4 saturated carbocycles. The van der Waals surface area contributed by atoms with Crippen molar-refractivity contribution in [2.24, 2.45) is 46.3 Å². The van der Waals surface area contributed by atoms with Gasteiger partial charge in [-0.1, -0.05) is 20.8 Å². The third kappa shape index (κ3) is 4.23. The van der Waals surface area contributed by atoms with Crippen LogP contribution in [0.2, 0.25) is 0 Å². The Balaban J connectivity index is 1.49. The summed E-state index contributed by atoms with van der Waals surface area (Å²) in [5.41, 5.74) is -0.214. The van der Waals surface area contributed by atoms with E-state index in [0.717, 1.165) is 38.5 Å². The van der Waals surface area contributed by atoms with E-state index in [1.165, 1.54) is 0 Å². The molecule has 0 aromatic carbocycles. The fourth-order valence-electron chi connectivity index (χ4n) is 8.95. The Kier molecular flexibility index (Phi) is 6.89. The van der Waals surface area contributed by atoms with Gasteiger partial charge in [-0.15, -0.1) is 0 Å². The number of carboxylic acid groups (broad SMARTS) is 1. The molecule has 33 heavy (non-hydrogen) atoms. The van der Waals surface area contributed by atoms with E-state index in [1.807, 2.05) is 0 Å². The molecule has 0 spiro atoms. The van der Waals surface area contributed by atoms with E-state index < -0.39 is 12.1 Å². The molecule has 4 fully saturated rings. The number of carbonyl (C=O) groups excluding carboxylic acids is 1. The predicted octanol–water partition coefficient (Wildman–Crippen LogP) is 2.56. The minimum absolute atomic E-state index is 0.0668. The highest BCUT2D eigenvalue weighted by atomic mass is 16.4. The molecule has 11 atom stereocenters. The van der Waals surface area contributed by atoms with Gasteiger partial charge in [0.05, 0.1) is 18.3 Å².